The van der Waals surface area contributed by atoms with Gasteiger partial charge in [0.1, 0.15) is 5.69 Å². The molecule has 0 saturated carbocycles. The molecule has 2 N–H and O–H groups in total. The smallest absolute Gasteiger partial charge is 0.271 e. The summed E-state index contributed by atoms with van der Waals surface area (Å²) in [6, 6.07) is 11.0. The SMILES string of the molecule is O=C(/C=C/c1ccccc1)Nc1cc(Br)c[nH]c1=O. The lowest BCUT2D eigenvalue weighted by molar-refractivity contribution is -0.111. The first-order valence-electron chi connectivity index (χ1n) is 5.57. The standard InChI is InChI=1S/C14H11BrN2O2/c15-11-8-12(14(19)16-9-11)17-13(18)7-6-10-4-2-1-3-5-10/h1-9H,(H,16,19)(H,17,18)/b7-6+. The number of benzene rings is 1. The van der Waals surface area contributed by atoms with E-state index in [1.807, 2.05) is 30.3 Å². The highest BCUT2D eigenvalue weighted by Crippen LogP contribution is 2.10. The van der Waals surface area contributed by atoms with E-state index >= 15 is 0 Å². The normalized spacial score (nSPS) is 10.6. The highest BCUT2D eigenvalue weighted by Gasteiger charge is 2.03. The van der Waals surface area contributed by atoms with Crippen molar-refractivity contribution in [3.8, 4) is 0 Å². The monoisotopic (exact) mass is 318 g/mol. The van der Waals surface area contributed by atoms with Crippen LogP contribution in [0, 0.1) is 0 Å². The summed E-state index contributed by atoms with van der Waals surface area (Å²) in [5, 5.41) is 2.52. The van der Waals surface area contributed by atoms with Crippen molar-refractivity contribution < 1.29 is 4.79 Å². The first-order chi connectivity index (χ1) is 9.15. The zero-order valence-electron chi connectivity index (χ0n) is 9.89. The van der Waals surface area contributed by atoms with Gasteiger partial charge in [0.15, 0.2) is 0 Å². The number of amides is 1. The first-order valence-corrected chi connectivity index (χ1v) is 6.37. The zero-order chi connectivity index (χ0) is 13.7. The molecule has 0 radical (unpaired) electrons. The van der Waals surface area contributed by atoms with Gasteiger partial charge in [-0.25, -0.2) is 0 Å². The Kier molecular flexibility index (Phi) is 4.30. The van der Waals surface area contributed by atoms with Crippen LogP contribution < -0.4 is 10.9 Å². The quantitative estimate of drug-likeness (QED) is 0.855. The van der Waals surface area contributed by atoms with Crippen LogP contribution in [0.3, 0.4) is 0 Å². The van der Waals surface area contributed by atoms with E-state index in [0.29, 0.717) is 4.47 Å². The Morgan fingerprint density at radius 1 is 1.26 bits per heavy atom. The van der Waals surface area contributed by atoms with Gasteiger partial charge in [0.2, 0.25) is 5.91 Å². The lowest BCUT2D eigenvalue weighted by Crippen LogP contribution is -2.17. The maximum absolute atomic E-state index is 11.7. The predicted octanol–water partition coefficient (Wildman–Crippen LogP) is 2.79. The fourth-order valence-electron chi connectivity index (χ4n) is 1.46. The van der Waals surface area contributed by atoms with Crippen molar-refractivity contribution in [3.05, 3.63) is 69.1 Å². The minimum absolute atomic E-state index is 0.206. The molecule has 0 atom stereocenters. The number of hydrogen-bond acceptors (Lipinski definition) is 2. The summed E-state index contributed by atoms with van der Waals surface area (Å²) in [7, 11) is 0. The second-order valence-corrected chi connectivity index (χ2v) is 4.71. The van der Waals surface area contributed by atoms with E-state index in [4.69, 9.17) is 0 Å². The van der Waals surface area contributed by atoms with Crippen LogP contribution in [-0.4, -0.2) is 10.9 Å². The Balaban J connectivity index is 2.08. The van der Waals surface area contributed by atoms with Crippen molar-refractivity contribution >= 4 is 33.6 Å². The third kappa shape index (κ3) is 3.93. The number of rotatable bonds is 3. The van der Waals surface area contributed by atoms with Crippen LogP contribution >= 0.6 is 15.9 Å². The van der Waals surface area contributed by atoms with Crippen molar-refractivity contribution in [3.63, 3.8) is 0 Å². The number of carbonyl (C=O) groups excluding carboxylic acids is 1. The number of aromatic nitrogens is 1. The molecule has 0 unspecified atom stereocenters. The average molecular weight is 319 g/mol. The maximum atomic E-state index is 11.7. The molecule has 0 fully saturated rings. The fourth-order valence-corrected chi connectivity index (χ4v) is 1.80. The second kappa shape index (κ2) is 6.15. The van der Waals surface area contributed by atoms with Crippen molar-refractivity contribution in [2.75, 3.05) is 5.32 Å². The van der Waals surface area contributed by atoms with Crippen LogP contribution in [0.1, 0.15) is 5.56 Å². The van der Waals surface area contributed by atoms with Crippen molar-refractivity contribution in [2.24, 2.45) is 0 Å². The van der Waals surface area contributed by atoms with Crippen LogP contribution in [0.25, 0.3) is 6.08 Å². The molecule has 0 aliphatic carbocycles. The molecule has 1 heterocycles. The van der Waals surface area contributed by atoms with Gasteiger partial charge in [-0.05, 0) is 33.6 Å². The van der Waals surface area contributed by atoms with Gasteiger partial charge >= 0.3 is 0 Å². The molecule has 0 saturated heterocycles. The Morgan fingerprint density at radius 3 is 2.74 bits per heavy atom. The molecule has 1 amide bonds. The van der Waals surface area contributed by atoms with Crippen LogP contribution in [0.4, 0.5) is 5.69 Å². The second-order valence-electron chi connectivity index (χ2n) is 3.79. The number of aromatic amines is 1. The number of H-pyrrole nitrogens is 1. The third-order valence-corrected chi connectivity index (χ3v) is 2.81. The van der Waals surface area contributed by atoms with E-state index in [0.717, 1.165) is 5.56 Å². The first kappa shape index (κ1) is 13.3. The van der Waals surface area contributed by atoms with Gasteiger partial charge in [-0.3, -0.25) is 9.59 Å². The molecule has 0 aliphatic heterocycles. The molecule has 4 nitrogen and oxygen atoms in total. The molecule has 1 aromatic heterocycles. The number of halogens is 1. The number of carbonyl (C=O) groups is 1. The third-order valence-electron chi connectivity index (χ3n) is 2.35. The van der Waals surface area contributed by atoms with Crippen LogP contribution in [-0.2, 0) is 4.79 Å². The Hall–Kier alpha value is -2.14. The number of anilines is 1. The molecular formula is C14H11BrN2O2. The molecule has 19 heavy (non-hydrogen) atoms. The van der Waals surface area contributed by atoms with Gasteiger partial charge in [-0.1, -0.05) is 30.3 Å². The van der Waals surface area contributed by atoms with Crippen LogP contribution in [0.15, 0.2) is 57.9 Å². The molecular weight excluding hydrogens is 308 g/mol. The fraction of sp³-hybridized carbons (Fsp3) is 0. The van der Waals surface area contributed by atoms with Crippen LogP contribution in [0.5, 0.6) is 0 Å². The summed E-state index contributed by atoms with van der Waals surface area (Å²) >= 11 is 3.22. The highest BCUT2D eigenvalue weighted by molar-refractivity contribution is 9.10. The molecule has 96 valence electrons. The molecule has 0 spiro atoms. The molecule has 2 rings (SSSR count). The molecule has 0 bridgehead atoms. The predicted molar refractivity (Wildman–Crippen MR) is 78.9 cm³/mol. The van der Waals surface area contributed by atoms with Crippen molar-refractivity contribution in [1.29, 1.82) is 0 Å². The lowest BCUT2D eigenvalue weighted by Gasteiger charge is -2.01. The van der Waals surface area contributed by atoms with Gasteiger partial charge in [-0.15, -0.1) is 0 Å². The average Bonchev–Trinajstić information content (AvgIpc) is 2.42. The maximum Gasteiger partial charge on any atom is 0.271 e. The van der Waals surface area contributed by atoms with Crippen molar-refractivity contribution in [2.45, 2.75) is 0 Å². The summed E-state index contributed by atoms with van der Waals surface area (Å²) < 4.78 is 0.689. The topological polar surface area (TPSA) is 62.0 Å². The molecule has 1 aromatic carbocycles. The van der Waals surface area contributed by atoms with E-state index in [1.54, 1.807) is 12.1 Å². The Morgan fingerprint density at radius 2 is 2.00 bits per heavy atom. The minimum atomic E-state index is -0.354. The van der Waals surface area contributed by atoms with Crippen molar-refractivity contribution in [1.82, 2.24) is 4.98 Å². The summed E-state index contributed by atoms with van der Waals surface area (Å²) in [5.41, 5.74) is 0.780. The van der Waals surface area contributed by atoms with Gasteiger partial charge in [-0.2, -0.15) is 0 Å². The van der Waals surface area contributed by atoms with E-state index in [2.05, 4.69) is 26.2 Å². The molecule has 2 aromatic rings. The summed E-state index contributed by atoms with van der Waals surface area (Å²) in [6.07, 6.45) is 4.58. The molecule has 5 heteroatoms. The van der Waals surface area contributed by atoms with Gasteiger partial charge in [0, 0.05) is 16.7 Å². The van der Waals surface area contributed by atoms with E-state index < -0.39 is 0 Å². The zero-order valence-corrected chi connectivity index (χ0v) is 11.5. The van der Waals surface area contributed by atoms with Gasteiger partial charge in [0.25, 0.3) is 5.56 Å². The number of pyridine rings is 1. The Bertz CT molecular complexity index is 663. The molecule has 0 aliphatic rings. The lowest BCUT2D eigenvalue weighted by atomic mass is 10.2. The van der Waals surface area contributed by atoms with Gasteiger partial charge < -0.3 is 10.3 Å². The number of nitrogens with one attached hydrogen (secondary N) is 2. The summed E-state index contributed by atoms with van der Waals surface area (Å²) in [5.74, 6) is -0.354. The summed E-state index contributed by atoms with van der Waals surface area (Å²) in [4.78, 5) is 25.7. The number of hydrogen-bond donors (Lipinski definition) is 2. The summed E-state index contributed by atoms with van der Waals surface area (Å²) in [6.45, 7) is 0. The largest absolute Gasteiger partial charge is 0.326 e. The minimum Gasteiger partial charge on any atom is -0.326 e. The Labute approximate surface area is 118 Å². The van der Waals surface area contributed by atoms with E-state index in [9.17, 15) is 9.59 Å². The van der Waals surface area contributed by atoms with E-state index in [1.165, 1.54) is 12.3 Å². The van der Waals surface area contributed by atoms with Crippen LogP contribution in [0.2, 0.25) is 0 Å². The highest BCUT2D eigenvalue weighted by atomic mass is 79.9. The van der Waals surface area contributed by atoms with E-state index in [-0.39, 0.29) is 17.2 Å². The van der Waals surface area contributed by atoms with Gasteiger partial charge in [0.05, 0.1) is 0 Å².